The maximum absolute atomic E-state index is 11.8. The fourth-order valence-corrected chi connectivity index (χ4v) is 3.72. The number of carbonyl (C=O) groups is 1. The molecule has 110 valence electrons. The van der Waals surface area contributed by atoms with E-state index in [2.05, 4.69) is 10.2 Å². The molecule has 0 aromatic rings. The monoisotopic (exact) mass is 268 g/mol. The van der Waals surface area contributed by atoms with Gasteiger partial charge in [0.05, 0.1) is 12.6 Å². The van der Waals surface area contributed by atoms with Gasteiger partial charge >= 0.3 is 0 Å². The fraction of sp³-hybridized carbons (Fsp3) is 0.933. The standard InChI is InChI=1S/C15H28N2O2/c1-2-16-15(19)11-17-10-6-5-8-13(17)12-7-3-4-9-14(12)18/h12-14,18H,2-11H2,1H3,(H,16,19). The van der Waals surface area contributed by atoms with Crippen molar-refractivity contribution in [3.8, 4) is 0 Å². The second kappa shape index (κ2) is 7.25. The molecule has 1 saturated heterocycles. The summed E-state index contributed by atoms with van der Waals surface area (Å²) in [4.78, 5) is 14.1. The van der Waals surface area contributed by atoms with Crippen LogP contribution in [0.1, 0.15) is 51.9 Å². The molecule has 2 aliphatic rings. The van der Waals surface area contributed by atoms with Gasteiger partial charge in [0.1, 0.15) is 0 Å². The lowest BCUT2D eigenvalue weighted by Gasteiger charge is -2.43. The Morgan fingerprint density at radius 3 is 2.68 bits per heavy atom. The molecule has 3 atom stereocenters. The van der Waals surface area contributed by atoms with Crippen LogP contribution >= 0.6 is 0 Å². The number of carbonyl (C=O) groups excluding carboxylic acids is 1. The maximum Gasteiger partial charge on any atom is 0.234 e. The normalized spacial score (nSPS) is 33.1. The molecule has 2 rings (SSSR count). The van der Waals surface area contributed by atoms with Crippen LogP contribution in [0.4, 0.5) is 0 Å². The Morgan fingerprint density at radius 2 is 1.95 bits per heavy atom. The predicted molar refractivity (Wildman–Crippen MR) is 75.9 cm³/mol. The molecule has 0 radical (unpaired) electrons. The summed E-state index contributed by atoms with van der Waals surface area (Å²) in [6.45, 7) is 4.16. The number of rotatable bonds is 4. The van der Waals surface area contributed by atoms with Gasteiger partial charge in [-0.05, 0) is 39.2 Å². The minimum Gasteiger partial charge on any atom is -0.393 e. The van der Waals surface area contributed by atoms with Gasteiger partial charge < -0.3 is 10.4 Å². The Balaban J connectivity index is 1.96. The Hall–Kier alpha value is -0.610. The van der Waals surface area contributed by atoms with Crippen molar-refractivity contribution < 1.29 is 9.90 Å². The number of piperidine rings is 1. The largest absolute Gasteiger partial charge is 0.393 e. The van der Waals surface area contributed by atoms with E-state index >= 15 is 0 Å². The van der Waals surface area contributed by atoms with Crippen LogP contribution in [-0.2, 0) is 4.79 Å². The average molecular weight is 268 g/mol. The number of nitrogens with one attached hydrogen (secondary N) is 1. The van der Waals surface area contributed by atoms with Crippen LogP contribution in [0.2, 0.25) is 0 Å². The summed E-state index contributed by atoms with van der Waals surface area (Å²) in [5.41, 5.74) is 0. The molecule has 0 aromatic carbocycles. The van der Waals surface area contributed by atoms with Crippen LogP contribution in [0.3, 0.4) is 0 Å². The van der Waals surface area contributed by atoms with Crippen molar-refractivity contribution in [1.29, 1.82) is 0 Å². The highest BCUT2D eigenvalue weighted by atomic mass is 16.3. The Labute approximate surface area is 116 Å². The molecule has 0 spiro atoms. The van der Waals surface area contributed by atoms with E-state index in [0.29, 0.717) is 25.0 Å². The lowest BCUT2D eigenvalue weighted by atomic mass is 9.78. The van der Waals surface area contributed by atoms with Crippen LogP contribution < -0.4 is 5.32 Å². The van der Waals surface area contributed by atoms with Gasteiger partial charge in [0.2, 0.25) is 5.91 Å². The van der Waals surface area contributed by atoms with Crippen LogP contribution in [0.15, 0.2) is 0 Å². The summed E-state index contributed by atoms with van der Waals surface area (Å²) >= 11 is 0. The van der Waals surface area contributed by atoms with Crippen molar-refractivity contribution in [2.75, 3.05) is 19.6 Å². The minimum atomic E-state index is -0.159. The minimum absolute atomic E-state index is 0.125. The van der Waals surface area contributed by atoms with Crippen molar-refractivity contribution in [2.24, 2.45) is 5.92 Å². The molecule has 2 fully saturated rings. The molecule has 1 amide bonds. The number of likely N-dealkylation sites (tertiary alicyclic amines) is 1. The SMILES string of the molecule is CCNC(=O)CN1CCCCC1C1CCCCC1O. The van der Waals surface area contributed by atoms with Gasteiger partial charge in [0, 0.05) is 18.5 Å². The second-order valence-corrected chi connectivity index (χ2v) is 6.00. The Bertz CT molecular complexity index is 296. The van der Waals surface area contributed by atoms with Crippen molar-refractivity contribution in [3.05, 3.63) is 0 Å². The molecule has 3 unspecified atom stereocenters. The number of likely N-dealkylation sites (N-methyl/N-ethyl adjacent to an activating group) is 1. The molecule has 4 heteroatoms. The average Bonchev–Trinajstić information content (AvgIpc) is 2.40. The van der Waals surface area contributed by atoms with Gasteiger partial charge in [0.15, 0.2) is 0 Å². The first-order chi connectivity index (χ1) is 9.22. The Morgan fingerprint density at radius 1 is 1.21 bits per heavy atom. The van der Waals surface area contributed by atoms with Gasteiger partial charge in [-0.15, -0.1) is 0 Å². The lowest BCUT2D eigenvalue weighted by Crippen LogP contribution is -2.51. The zero-order valence-corrected chi connectivity index (χ0v) is 12.1. The van der Waals surface area contributed by atoms with Crippen LogP contribution in [-0.4, -0.2) is 47.7 Å². The van der Waals surface area contributed by atoms with Gasteiger partial charge in [0.25, 0.3) is 0 Å². The number of aliphatic hydroxyl groups is 1. The summed E-state index contributed by atoms with van der Waals surface area (Å²) in [5.74, 6) is 0.503. The van der Waals surface area contributed by atoms with E-state index in [1.54, 1.807) is 0 Å². The smallest absolute Gasteiger partial charge is 0.234 e. The molecule has 4 nitrogen and oxygen atoms in total. The highest BCUT2D eigenvalue weighted by Gasteiger charge is 2.35. The highest BCUT2D eigenvalue weighted by Crippen LogP contribution is 2.33. The van der Waals surface area contributed by atoms with Gasteiger partial charge in [-0.25, -0.2) is 0 Å². The third-order valence-electron chi connectivity index (χ3n) is 4.66. The number of hydrogen-bond donors (Lipinski definition) is 2. The van der Waals surface area contributed by atoms with E-state index < -0.39 is 0 Å². The predicted octanol–water partition coefficient (Wildman–Crippen LogP) is 1.53. The summed E-state index contributed by atoms with van der Waals surface area (Å²) in [6, 6.07) is 0.409. The van der Waals surface area contributed by atoms with E-state index in [-0.39, 0.29) is 12.0 Å². The number of hydrogen-bond acceptors (Lipinski definition) is 3. The maximum atomic E-state index is 11.8. The number of amides is 1. The van der Waals surface area contributed by atoms with E-state index in [9.17, 15) is 9.90 Å². The van der Waals surface area contributed by atoms with Crippen molar-refractivity contribution in [2.45, 2.75) is 64.0 Å². The second-order valence-electron chi connectivity index (χ2n) is 6.00. The van der Waals surface area contributed by atoms with Crippen LogP contribution in [0.5, 0.6) is 0 Å². The third kappa shape index (κ3) is 3.93. The molecule has 2 N–H and O–H groups in total. The van der Waals surface area contributed by atoms with Crippen molar-refractivity contribution >= 4 is 5.91 Å². The zero-order chi connectivity index (χ0) is 13.7. The van der Waals surface area contributed by atoms with Gasteiger partial charge in [-0.2, -0.15) is 0 Å². The quantitative estimate of drug-likeness (QED) is 0.813. The summed E-state index contributed by atoms with van der Waals surface area (Å²) in [6.07, 6.45) is 7.84. The molecule has 1 saturated carbocycles. The number of aliphatic hydroxyl groups excluding tert-OH is 1. The molecule has 1 aliphatic heterocycles. The molecule has 1 aliphatic carbocycles. The van der Waals surface area contributed by atoms with Crippen LogP contribution in [0, 0.1) is 5.92 Å². The lowest BCUT2D eigenvalue weighted by molar-refractivity contribution is -0.124. The van der Waals surface area contributed by atoms with Gasteiger partial charge in [-0.1, -0.05) is 19.3 Å². The van der Waals surface area contributed by atoms with Crippen molar-refractivity contribution in [3.63, 3.8) is 0 Å². The Kier molecular flexibility index (Phi) is 5.64. The van der Waals surface area contributed by atoms with E-state index in [1.165, 1.54) is 19.3 Å². The molecule has 1 heterocycles. The molecule has 0 aromatic heterocycles. The van der Waals surface area contributed by atoms with Gasteiger partial charge in [-0.3, -0.25) is 9.69 Å². The summed E-state index contributed by atoms with van der Waals surface area (Å²) in [7, 11) is 0. The van der Waals surface area contributed by atoms with E-state index in [1.807, 2.05) is 6.92 Å². The van der Waals surface area contributed by atoms with E-state index in [4.69, 9.17) is 0 Å². The summed E-state index contributed by atoms with van der Waals surface area (Å²) in [5, 5.41) is 13.1. The van der Waals surface area contributed by atoms with E-state index in [0.717, 1.165) is 32.2 Å². The molecular weight excluding hydrogens is 240 g/mol. The molecule has 19 heavy (non-hydrogen) atoms. The third-order valence-corrected chi connectivity index (χ3v) is 4.66. The van der Waals surface area contributed by atoms with Crippen molar-refractivity contribution in [1.82, 2.24) is 10.2 Å². The first-order valence-electron chi connectivity index (χ1n) is 7.91. The zero-order valence-electron chi connectivity index (χ0n) is 12.1. The fourth-order valence-electron chi connectivity index (χ4n) is 3.72. The first kappa shape index (κ1) is 14.8. The van der Waals surface area contributed by atoms with Crippen LogP contribution in [0.25, 0.3) is 0 Å². The topological polar surface area (TPSA) is 52.6 Å². The first-order valence-corrected chi connectivity index (χ1v) is 7.91. The molecular formula is C15H28N2O2. The molecule has 0 bridgehead atoms. The highest BCUT2D eigenvalue weighted by molar-refractivity contribution is 5.78. The summed E-state index contributed by atoms with van der Waals surface area (Å²) < 4.78 is 0. The number of nitrogens with zero attached hydrogens (tertiary/aromatic N) is 1.